The van der Waals surface area contributed by atoms with Crippen LogP contribution in [0.5, 0.6) is 11.5 Å². The minimum atomic E-state index is -1.33. The van der Waals surface area contributed by atoms with E-state index in [2.05, 4.69) is 0 Å². The van der Waals surface area contributed by atoms with E-state index in [1.165, 1.54) is 12.1 Å². The van der Waals surface area contributed by atoms with Crippen LogP contribution in [0.1, 0.15) is 23.7 Å². The summed E-state index contributed by atoms with van der Waals surface area (Å²) in [7, 11) is 0. The van der Waals surface area contributed by atoms with Gasteiger partial charge in [-0.1, -0.05) is 0 Å². The van der Waals surface area contributed by atoms with Crippen LogP contribution in [0.4, 0.5) is 0 Å². The molecule has 3 saturated heterocycles. The number of alkyl halides is 1. The molecule has 0 spiro atoms. The number of ether oxygens (including phenoxy) is 3. The molecule has 1 saturated carbocycles. The average Bonchev–Trinajstić information content (AvgIpc) is 2.69. The number of carbonyl (C=O) groups is 1. The zero-order valence-corrected chi connectivity index (χ0v) is 14.2. The Morgan fingerprint density at radius 1 is 1.36 bits per heavy atom. The smallest absolute Gasteiger partial charge is 0.338 e. The van der Waals surface area contributed by atoms with Crippen LogP contribution in [0.15, 0.2) is 18.2 Å². The van der Waals surface area contributed by atoms with Gasteiger partial charge in [-0.2, -0.15) is 0 Å². The van der Waals surface area contributed by atoms with Gasteiger partial charge in [-0.3, -0.25) is 0 Å². The average molecular weight is 371 g/mol. The van der Waals surface area contributed by atoms with E-state index in [-0.39, 0.29) is 35.9 Å². The lowest BCUT2D eigenvalue weighted by Gasteiger charge is -2.37. The quantitative estimate of drug-likeness (QED) is 0.410. The monoisotopic (exact) mass is 370 g/mol. The van der Waals surface area contributed by atoms with Crippen molar-refractivity contribution < 1.29 is 34.3 Å². The Morgan fingerprint density at radius 2 is 2.12 bits per heavy atom. The van der Waals surface area contributed by atoms with E-state index in [0.29, 0.717) is 6.42 Å². The fourth-order valence-corrected chi connectivity index (χ4v) is 4.84. The number of hydrogen-bond acceptors (Lipinski definition) is 7. The standard InChI is InChI=1S/C17H19ClO7/c1-7-13-9-5-12(24-7)23-6-17(13,22)15(18)14(9)25-16(21)8-2-3-10(19)11(20)4-8/h2-4,7,9,12-15,19-20,22H,5-6H2,1H3/t7-,9+,12+,13-,14-,15+,17+/m0/s1. The third-order valence-corrected chi connectivity index (χ3v) is 6.14. The van der Waals surface area contributed by atoms with Gasteiger partial charge < -0.3 is 29.5 Å². The van der Waals surface area contributed by atoms with Gasteiger partial charge in [-0.15, -0.1) is 11.6 Å². The summed E-state index contributed by atoms with van der Waals surface area (Å²) in [5.41, 5.74) is -1.24. The molecule has 3 aliphatic heterocycles. The largest absolute Gasteiger partial charge is 0.504 e. The molecule has 1 aliphatic carbocycles. The van der Waals surface area contributed by atoms with Gasteiger partial charge >= 0.3 is 5.97 Å². The summed E-state index contributed by atoms with van der Waals surface area (Å²) >= 11 is 6.49. The molecule has 4 fully saturated rings. The van der Waals surface area contributed by atoms with Gasteiger partial charge in [0.15, 0.2) is 17.8 Å². The van der Waals surface area contributed by atoms with Crippen molar-refractivity contribution in [3.05, 3.63) is 23.8 Å². The molecule has 25 heavy (non-hydrogen) atoms. The van der Waals surface area contributed by atoms with E-state index in [1.807, 2.05) is 6.92 Å². The van der Waals surface area contributed by atoms with Gasteiger partial charge in [-0.25, -0.2) is 4.79 Å². The van der Waals surface area contributed by atoms with Crippen molar-refractivity contribution in [1.82, 2.24) is 0 Å². The van der Waals surface area contributed by atoms with Crippen LogP contribution in [0, 0.1) is 11.8 Å². The predicted molar refractivity (Wildman–Crippen MR) is 85.4 cm³/mol. The van der Waals surface area contributed by atoms with Gasteiger partial charge in [0.2, 0.25) is 0 Å². The molecule has 1 aromatic rings. The highest BCUT2D eigenvalue weighted by Gasteiger charge is 2.66. The van der Waals surface area contributed by atoms with E-state index in [0.717, 1.165) is 6.07 Å². The molecular weight excluding hydrogens is 352 g/mol. The normalized spacial score (nSPS) is 42.2. The van der Waals surface area contributed by atoms with Gasteiger partial charge in [0.05, 0.1) is 18.3 Å². The van der Waals surface area contributed by atoms with Crippen molar-refractivity contribution in [2.45, 2.75) is 42.8 Å². The van der Waals surface area contributed by atoms with Crippen LogP contribution < -0.4 is 0 Å². The lowest BCUT2D eigenvalue weighted by molar-refractivity contribution is -0.199. The number of halogens is 1. The summed E-state index contributed by atoms with van der Waals surface area (Å²) in [6.45, 7) is 1.89. The number of fused-ring (bicyclic) bond motifs is 2. The first kappa shape index (κ1) is 16.9. The molecule has 1 aromatic carbocycles. The maximum Gasteiger partial charge on any atom is 0.338 e. The Labute approximate surface area is 149 Å². The van der Waals surface area contributed by atoms with Crippen molar-refractivity contribution in [3.63, 3.8) is 0 Å². The minimum Gasteiger partial charge on any atom is -0.504 e. The molecule has 5 rings (SSSR count). The number of esters is 1. The summed E-state index contributed by atoms with van der Waals surface area (Å²) in [6, 6.07) is 3.69. The van der Waals surface area contributed by atoms with E-state index in [1.54, 1.807) is 0 Å². The van der Waals surface area contributed by atoms with Crippen LogP contribution in [0.25, 0.3) is 0 Å². The highest BCUT2D eigenvalue weighted by molar-refractivity contribution is 6.22. The fraction of sp³-hybridized carbons (Fsp3) is 0.588. The Balaban J connectivity index is 1.61. The molecular formula is C17H19ClO7. The zero-order valence-electron chi connectivity index (χ0n) is 13.5. The fourth-order valence-electron chi connectivity index (χ4n) is 4.40. The van der Waals surface area contributed by atoms with Crippen LogP contribution in [0.3, 0.4) is 0 Å². The van der Waals surface area contributed by atoms with Crippen molar-refractivity contribution in [3.8, 4) is 11.5 Å². The van der Waals surface area contributed by atoms with Crippen LogP contribution in [-0.2, 0) is 14.2 Å². The summed E-state index contributed by atoms with van der Waals surface area (Å²) in [5.74, 6) is -1.88. The molecule has 8 heteroatoms. The summed E-state index contributed by atoms with van der Waals surface area (Å²) in [6.07, 6.45) is -0.926. The first-order valence-corrected chi connectivity index (χ1v) is 8.61. The topological polar surface area (TPSA) is 105 Å². The number of phenolic OH excluding ortho intramolecular Hbond substituents is 2. The third kappa shape index (κ3) is 2.49. The van der Waals surface area contributed by atoms with Crippen molar-refractivity contribution in [2.24, 2.45) is 11.8 Å². The Kier molecular flexibility index (Phi) is 3.88. The molecule has 3 heterocycles. The number of aliphatic hydroxyl groups is 1. The number of carbonyl (C=O) groups excluding carboxylic acids is 1. The van der Waals surface area contributed by atoms with Gasteiger partial charge in [0.25, 0.3) is 0 Å². The van der Waals surface area contributed by atoms with E-state index in [9.17, 15) is 20.1 Å². The molecule has 4 aliphatic rings. The van der Waals surface area contributed by atoms with Crippen molar-refractivity contribution >= 4 is 17.6 Å². The number of phenols is 2. The Bertz CT molecular complexity index is 710. The number of benzene rings is 1. The molecule has 4 bridgehead atoms. The molecule has 0 unspecified atom stereocenters. The highest BCUT2D eigenvalue weighted by Crippen LogP contribution is 2.54. The SMILES string of the molecule is C[C@@H]1O[C@@H]2C[C@H]3[C@H](OC(=O)c4ccc(O)c(O)c4)[C@@H](Cl)[C@@](O)(CO2)[C@H]31. The van der Waals surface area contributed by atoms with Crippen LogP contribution in [0.2, 0.25) is 0 Å². The molecule has 7 atom stereocenters. The summed E-state index contributed by atoms with van der Waals surface area (Å²) in [4.78, 5) is 12.5. The van der Waals surface area contributed by atoms with Crippen molar-refractivity contribution in [2.75, 3.05) is 6.61 Å². The Hall–Kier alpha value is -1.54. The predicted octanol–water partition coefficient (Wildman–Crippen LogP) is 1.37. The zero-order chi connectivity index (χ0) is 17.9. The van der Waals surface area contributed by atoms with E-state index in [4.69, 9.17) is 25.8 Å². The number of rotatable bonds is 2. The van der Waals surface area contributed by atoms with Crippen molar-refractivity contribution in [1.29, 1.82) is 0 Å². The molecule has 3 N–H and O–H groups in total. The second kappa shape index (κ2) is 5.74. The lowest BCUT2D eigenvalue weighted by Crippen LogP contribution is -2.49. The first-order valence-electron chi connectivity index (χ1n) is 8.17. The minimum absolute atomic E-state index is 0.0331. The van der Waals surface area contributed by atoms with E-state index >= 15 is 0 Å². The molecule has 0 amide bonds. The highest BCUT2D eigenvalue weighted by atomic mass is 35.5. The molecule has 0 aromatic heterocycles. The first-order chi connectivity index (χ1) is 11.8. The number of hydrogen-bond donors (Lipinski definition) is 3. The lowest BCUT2D eigenvalue weighted by atomic mass is 9.80. The maximum absolute atomic E-state index is 12.5. The van der Waals surface area contributed by atoms with Crippen LogP contribution in [-0.4, -0.2) is 57.4 Å². The summed E-state index contributed by atoms with van der Waals surface area (Å²) in [5, 5.41) is 29.1. The summed E-state index contributed by atoms with van der Waals surface area (Å²) < 4.78 is 16.9. The number of aromatic hydroxyl groups is 2. The second-order valence-corrected chi connectivity index (χ2v) is 7.44. The third-order valence-electron chi connectivity index (χ3n) is 5.52. The molecule has 0 radical (unpaired) electrons. The van der Waals surface area contributed by atoms with Gasteiger partial charge in [-0.05, 0) is 25.1 Å². The van der Waals surface area contributed by atoms with Gasteiger partial charge in [0.1, 0.15) is 17.1 Å². The maximum atomic E-state index is 12.5. The molecule has 7 nitrogen and oxygen atoms in total. The second-order valence-electron chi connectivity index (χ2n) is 6.97. The van der Waals surface area contributed by atoms with Crippen LogP contribution >= 0.6 is 11.6 Å². The Morgan fingerprint density at radius 3 is 2.84 bits per heavy atom. The van der Waals surface area contributed by atoms with Gasteiger partial charge in [0, 0.05) is 18.3 Å². The van der Waals surface area contributed by atoms with E-state index < -0.39 is 35.1 Å². The molecule has 136 valence electrons.